The van der Waals surface area contributed by atoms with Crippen LogP contribution in [0.15, 0.2) is 97.1 Å². The third-order valence-electron chi connectivity index (χ3n) is 6.94. The molecule has 4 aromatic rings. The number of halogens is 2. The van der Waals surface area contributed by atoms with Gasteiger partial charge in [-0.25, -0.2) is 4.79 Å². The van der Waals surface area contributed by atoms with Gasteiger partial charge in [0.25, 0.3) is 0 Å². The molecule has 0 amide bonds. The summed E-state index contributed by atoms with van der Waals surface area (Å²) < 4.78 is 0.591. The summed E-state index contributed by atoms with van der Waals surface area (Å²) >= 11 is 8.93. The summed E-state index contributed by atoms with van der Waals surface area (Å²) in [5.41, 5.74) is 6.16. The molecule has 1 aliphatic heterocycles. The Hall–Kier alpha value is -2.67. The first kappa shape index (κ1) is 24.0. The van der Waals surface area contributed by atoms with Crippen molar-refractivity contribution in [2.45, 2.75) is 22.9 Å². The van der Waals surface area contributed by atoms with E-state index in [0.717, 1.165) is 23.2 Å². The fraction of sp³-hybridized carbons (Fsp3) is 0.167. The molecule has 4 aromatic carbocycles. The van der Waals surface area contributed by atoms with Crippen LogP contribution in [-0.2, 0) is 22.9 Å². The van der Waals surface area contributed by atoms with Gasteiger partial charge in [-0.15, -0.1) is 0 Å². The molecule has 35 heavy (non-hydrogen) atoms. The van der Waals surface area contributed by atoms with Gasteiger partial charge in [0.1, 0.15) is 0 Å². The van der Waals surface area contributed by atoms with E-state index < -0.39 is 11.5 Å². The molecule has 0 aliphatic carbocycles. The minimum atomic E-state index is -0.959. The number of fused-ring (bicyclic) bond motifs is 1. The second-order valence-electron chi connectivity index (χ2n) is 8.78. The summed E-state index contributed by atoms with van der Waals surface area (Å²) in [5.74, 6) is -0.959. The lowest BCUT2D eigenvalue weighted by Gasteiger charge is -2.48. The summed E-state index contributed by atoms with van der Waals surface area (Å²) in [7, 11) is 0. The predicted octanol–water partition coefficient (Wildman–Crippen LogP) is 7.32. The van der Waals surface area contributed by atoms with Gasteiger partial charge in [0.05, 0.1) is 16.1 Å². The highest BCUT2D eigenvalue weighted by molar-refractivity contribution is 14.1. The van der Waals surface area contributed by atoms with Crippen molar-refractivity contribution in [1.29, 1.82) is 0 Å². The van der Waals surface area contributed by atoms with Gasteiger partial charge >= 0.3 is 5.97 Å². The Bertz CT molecular complexity index is 1250. The highest BCUT2D eigenvalue weighted by Crippen LogP contribution is 2.45. The van der Waals surface area contributed by atoms with Gasteiger partial charge in [-0.2, -0.15) is 0 Å². The van der Waals surface area contributed by atoms with Gasteiger partial charge in [0.2, 0.25) is 0 Å². The maximum absolute atomic E-state index is 12.0. The van der Waals surface area contributed by atoms with Gasteiger partial charge in [-0.1, -0.05) is 131 Å². The number of rotatable bonds is 6. The second-order valence-corrected chi connectivity index (χ2v) is 9.92. The molecule has 0 spiro atoms. The van der Waals surface area contributed by atoms with E-state index in [0.29, 0.717) is 22.4 Å². The third-order valence-corrected chi connectivity index (χ3v) is 8.18. The Morgan fingerprint density at radius 2 is 1.37 bits per heavy atom. The second kappa shape index (κ2) is 10.1. The van der Waals surface area contributed by atoms with Crippen LogP contribution in [0.2, 0.25) is 5.02 Å². The topological polar surface area (TPSA) is 40.5 Å². The van der Waals surface area contributed by atoms with E-state index in [1.165, 1.54) is 16.7 Å². The molecular formula is C30H25ClINO2. The lowest BCUT2D eigenvalue weighted by molar-refractivity contribution is 0.0696. The lowest BCUT2D eigenvalue weighted by Crippen LogP contribution is -2.50. The van der Waals surface area contributed by atoms with Gasteiger partial charge in [0.15, 0.2) is 0 Å². The first-order chi connectivity index (χ1) is 17.1. The van der Waals surface area contributed by atoms with Crippen molar-refractivity contribution in [3.8, 4) is 0 Å². The highest BCUT2D eigenvalue weighted by atomic mass is 127. The van der Waals surface area contributed by atoms with E-state index in [4.69, 9.17) is 11.6 Å². The fourth-order valence-corrected chi connectivity index (χ4v) is 6.47. The lowest BCUT2D eigenvalue weighted by atomic mass is 9.74. The molecule has 0 unspecified atom stereocenters. The van der Waals surface area contributed by atoms with Crippen LogP contribution in [0.1, 0.15) is 43.7 Å². The molecule has 1 N–H and O–H groups in total. The smallest absolute Gasteiger partial charge is 0.337 e. The molecule has 0 atom stereocenters. The SMILES string of the molecule is O=C(O)c1c(CI)cc2c(c1Cl)CCN(C(c1ccccc1)(c1ccccc1)c1ccccc1)C2. The Morgan fingerprint density at radius 3 is 1.80 bits per heavy atom. The van der Waals surface area contributed by atoms with Crippen LogP contribution in [0.3, 0.4) is 0 Å². The van der Waals surface area contributed by atoms with Gasteiger partial charge < -0.3 is 5.11 Å². The summed E-state index contributed by atoms with van der Waals surface area (Å²) in [5, 5.41) is 10.2. The van der Waals surface area contributed by atoms with E-state index in [9.17, 15) is 9.90 Å². The van der Waals surface area contributed by atoms with E-state index >= 15 is 0 Å². The zero-order valence-electron chi connectivity index (χ0n) is 19.1. The summed E-state index contributed by atoms with van der Waals surface area (Å²) in [4.78, 5) is 14.5. The summed E-state index contributed by atoms with van der Waals surface area (Å²) in [6.07, 6.45) is 0.685. The quantitative estimate of drug-likeness (QED) is 0.145. The minimum absolute atomic E-state index is 0.244. The molecule has 0 bridgehead atoms. The normalized spacial score (nSPS) is 13.9. The van der Waals surface area contributed by atoms with Crippen LogP contribution in [0, 0.1) is 0 Å². The van der Waals surface area contributed by atoms with Crippen molar-refractivity contribution >= 4 is 40.2 Å². The molecule has 1 heterocycles. The van der Waals surface area contributed by atoms with Crippen LogP contribution in [0.25, 0.3) is 0 Å². The van der Waals surface area contributed by atoms with Crippen LogP contribution in [0.4, 0.5) is 0 Å². The molecule has 0 fully saturated rings. The van der Waals surface area contributed by atoms with Crippen LogP contribution >= 0.6 is 34.2 Å². The maximum atomic E-state index is 12.0. The highest BCUT2D eigenvalue weighted by Gasteiger charge is 2.43. The zero-order valence-corrected chi connectivity index (χ0v) is 22.0. The average Bonchev–Trinajstić information content (AvgIpc) is 2.90. The first-order valence-electron chi connectivity index (χ1n) is 11.6. The minimum Gasteiger partial charge on any atom is -0.478 e. The van der Waals surface area contributed by atoms with Gasteiger partial charge in [0, 0.05) is 17.5 Å². The van der Waals surface area contributed by atoms with E-state index in [1.54, 1.807) is 0 Å². The number of hydrogen-bond acceptors (Lipinski definition) is 2. The van der Waals surface area contributed by atoms with Crippen molar-refractivity contribution in [3.05, 3.63) is 141 Å². The third kappa shape index (κ3) is 4.18. The van der Waals surface area contributed by atoms with Crippen LogP contribution in [-0.4, -0.2) is 22.5 Å². The van der Waals surface area contributed by atoms with E-state index in [1.807, 2.05) is 0 Å². The van der Waals surface area contributed by atoms with Crippen molar-refractivity contribution in [2.24, 2.45) is 0 Å². The van der Waals surface area contributed by atoms with Crippen molar-refractivity contribution in [3.63, 3.8) is 0 Å². The zero-order chi connectivity index (χ0) is 24.4. The first-order valence-corrected chi connectivity index (χ1v) is 13.5. The number of hydrogen-bond donors (Lipinski definition) is 1. The number of carboxylic acid groups (broad SMARTS) is 1. The number of carboxylic acids is 1. The molecule has 5 rings (SSSR count). The maximum Gasteiger partial charge on any atom is 0.337 e. The van der Waals surface area contributed by atoms with Crippen molar-refractivity contribution < 1.29 is 9.90 Å². The fourth-order valence-electron chi connectivity index (χ4n) is 5.45. The van der Waals surface area contributed by atoms with Gasteiger partial charge in [-0.05, 0) is 39.8 Å². The molecular weight excluding hydrogens is 569 g/mol. The van der Waals surface area contributed by atoms with E-state index in [-0.39, 0.29) is 5.56 Å². The van der Waals surface area contributed by atoms with Crippen LogP contribution < -0.4 is 0 Å². The van der Waals surface area contributed by atoms with Gasteiger partial charge in [-0.3, -0.25) is 4.90 Å². The molecule has 0 saturated heterocycles. The standard InChI is InChI=1S/C30H25ClINO2/c31-28-26-16-17-33(20-22(26)18-21(19-32)27(28)29(34)35)30(23-10-4-1-5-11-23,24-12-6-2-7-13-24)25-14-8-3-9-15-25/h1-15,18H,16-17,19-20H2,(H,34,35). The molecule has 0 saturated carbocycles. The average molecular weight is 594 g/mol. The Labute approximate surface area is 224 Å². The molecule has 5 heteroatoms. The molecule has 0 radical (unpaired) electrons. The monoisotopic (exact) mass is 593 g/mol. The Balaban J connectivity index is 1.74. The molecule has 1 aliphatic rings. The molecule has 3 nitrogen and oxygen atoms in total. The Morgan fingerprint density at radius 1 is 0.886 bits per heavy atom. The number of carbonyl (C=O) groups is 1. The number of benzene rings is 4. The summed E-state index contributed by atoms with van der Waals surface area (Å²) in [6, 6.07) is 34.0. The van der Waals surface area contributed by atoms with Crippen LogP contribution in [0.5, 0.6) is 0 Å². The summed E-state index contributed by atoms with van der Waals surface area (Å²) in [6.45, 7) is 1.41. The predicted molar refractivity (Wildman–Crippen MR) is 149 cm³/mol. The Kier molecular flexibility index (Phi) is 6.96. The molecule has 176 valence electrons. The van der Waals surface area contributed by atoms with Crippen molar-refractivity contribution in [2.75, 3.05) is 6.54 Å². The number of aromatic carboxylic acids is 1. The largest absolute Gasteiger partial charge is 0.478 e. The molecule has 0 aromatic heterocycles. The van der Waals surface area contributed by atoms with Crippen molar-refractivity contribution in [1.82, 2.24) is 4.90 Å². The van der Waals surface area contributed by atoms with E-state index in [2.05, 4.69) is 125 Å². The number of alkyl halides is 1. The number of nitrogens with zero attached hydrogens (tertiary/aromatic N) is 1.